The normalized spacial score (nSPS) is 41.9. The smallest absolute Gasteiger partial charge is 0.455 e. The van der Waals surface area contributed by atoms with Crippen molar-refractivity contribution in [3.63, 3.8) is 0 Å². The van der Waals surface area contributed by atoms with Crippen LogP contribution < -0.4 is 0 Å². The quantitative estimate of drug-likeness (QED) is 0.311. The van der Waals surface area contributed by atoms with E-state index in [2.05, 4.69) is 0 Å². The van der Waals surface area contributed by atoms with Gasteiger partial charge in [0.2, 0.25) is 0 Å². The molecule has 4 aliphatic rings. The van der Waals surface area contributed by atoms with Crippen LogP contribution in [0.15, 0.2) is 41.5 Å². The van der Waals surface area contributed by atoms with E-state index in [9.17, 15) is 34.8 Å². The summed E-state index contributed by atoms with van der Waals surface area (Å²) in [4.78, 5) is 40.5. The predicted octanol–water partition coefficient (Wildman–Crippen LogP) is 1.30. The molecule has 9 atom stereocenters. The molecule has 0 amide bonds. The minimum Gasteiger partial charge on any atom is -0.455 e. The van der Waals surface area contributed by atoms with Gasteiger partial charge in [-0.1, -0.05) is 32.0 Å². The molecule has 218 valence electrons. The number of rotatable bonds is 3. The molecule has 1 aromatic rings. The minimum absolute atomic E-state index is 0.0845. The third-order valence-electron chi connectivity index (χ3n) is 10.1. The average Bonchev–Trinajstić information content (AvgIpc) is 2.91. The first-order valence-electron chi connectivity index (χ1n) is 13.3. The fourth-order valence-corrected chi connectivity index (χ4v) is 7.59. The Morgan fingerprint density at radius 3 is 2.30 bits per heavy atom. The molecule has 1 saturated heterocycles. The molecule has 3 aliphatic carbocycles. The first kappa shape index (κ1) is 28.7. The van der Waals surface area contributed by atoms with Gasteiger partial charge in [-0.25, -0.2) is 9.59 Å². The van der Waals surface area contributed by atoms with Crippen LogP contribution in [0, 0.1) is 16.7 Å². The van der Waals surface area contributed by atoms with Gasteiger partial charge in [-0.15, -0.1) is 0 Å². The number of ketones is 1. The Morgan fingerprint density at radius 2 is 1.73 bits per heavy atom. The number of carbonyl (C=O) groups excluding carboxylic acids is 3. The van der Waals surface area contributed by atoms with Gasteiger partial charge in [0.15, 0.2) is 11.4 Å². The number of aliphatic hydroxyl groups is 4. The lowest BCUT2D eigenvalue weighted by Crippen LogP contribution is -2.81. The summed E-state index contributed by atoms with van der Waals surface area (Å²) in [5.74, 6) is -3.06. The zero-order valence-corrected chi connectivity index (χ0v) is 23.1. The van der Waals surface area contributed by atoms with E-state index >= 15 is 0 Å². The zero-order valence-electron chi connectivity index (χ0n) is 23.1. The van der Waals surface area contributed by atoms with Crippen molar-refractivity contribution in [1.29, 1.82) is 0 Å². The van der Waals surface area contributed by atoms with Crippen LogP contribution in [0.1, 0.15) is 50.9 Å². The minimum atomic E-state index is -2.11. The molecule has 1 aromatic carbocycles. The van der Waals surface area contributed by atoms with Crippen LogP contribution in [-0.2, 0) is 23.7 Å². The summed E-state index contributed by atoms with van der Waals surface area (Å²) >= 11 is 0. The molecule has 2 saturated carbocycles. The molecule has 3 fully saturated rings. The molecule has 8 unspecified atom stereocenters. The van der Waals surface area contributed by atoms with E-state index < -0.39 is 76.4 Å². The molecule has 11 heteroatoms. The third kappa shape index (κ3) is 3.64. The highest BCUT2D eigenvalue weighted by atomic mass is 16.8. The number of Topliss-reactive ketones (excluding diaryl/α,β-unsaturated/α-hetero) is 1. The Hall–Kier alpha value is -2.83. The number of esters is 1. The first-order valence-corrected chi connectivity index (χ1v) is 13.3. The molecule has 1 heterocycles. The van der Waals surface area contributed by atoms with Crippen molar-refractivity contribution in [3.8, 4) is 0 Å². The van der Waals surface area contributed by atoms with Gasteiger partial charge >= 0.3 is 12.1 Å². The number of benzene rings is 1. The SMILES string of the molecule is COC(=O)OC12COC1CC(O)[C@@]1(C)C(=O)C(O)C3=C(C)C(O)CC(O)(C(OC(=O)c4ccccc4)C21)C3(C)C. The third-order valence-corrected chi connectivity index (χ3v) is 10.1. The van der Waals surface area contributed by atoms with E-state index in [1.807, 2.05) is 0 Å². The van der Waals surface area contributed by atoms with Crippen molar-refractivity contribution in [3.05, 3.63) is 47.0 Å². The molecule has 2 bridgehead atoms. The standard InChI is InChI=1S/C29H36O11/c1-14-16(30)12-29(36)23(39-24(34)15-9-7-6-8-10-15)21-27(4,22(33)20(32)19(14)26(29,2)3)17(31)11-18-28(21,13-38-18)40-25(35)37-5/h6-10,16-18,20-21,23,30-32,36H,11-13H2,1-5H3/t16?,17?,18?,20?,21?,23?,27-,28?,29?/m1/s1. The molecule has 4 N–H and O–H groups in total. The number of hydrogen-bond acceptors (Lipinski definition) is 11. The molecular formula is C29H36O11. The Bertz CT molecular complexity index is 1260. The van der Waals surface area contributed by atoms with Gasteiger partial charge in [0.05, 0.1) is 42.8 Å². The Balaban J connectivity index is 1.81. The average molecular weight is 561 g/mol. The lowest BCUT2D eigenvalue weighted by molar-refractivity contribution is -0.344. The largest absolute Gasteiger partial charge is 0.508 e. The summed E-state index contributed by atoms with van der Waals surface area (Å²) < 4.78 is 22.4. The van der Waals surface area contributed by atoms with Gasteiger partial charge in [0, 0.05) is 18.3 Å². The molecule has 11 nitrogen and oxygen atoms in total. The molecular weight excluding hydrogens is 524 g/mol. The highest BCUT2D eigenvalue weighted by molar-refractivity contribution is 5.94. The number of methoxy groups -OCH3 is 1. The summed E-state index contributed by atoms with van der Waals surface area (Å²) in [6, 6.07) is 8.02. The van der Waals surface area contributed by atoms with E-state index in [1.54, 1.807) is 39.0 Å². The van der Waals surface area contributed by atoms with Crippen LogP contribution in [0.4, 0.5) is 4.79 Å². The first-order chi connectivity index (χ1) is 18.7. The van der Waals surface area contributed by atoms with E-state index in [0.717, 1.165) is 7.11 Å². The zero-order chi connectivity index (χ0) is 29.4. The Labute approximate surface area is 231 Å². The lowest BCUT2D eigenvalue weighted by Gasteiger charge is -2.67. The second-order valence-corrected chi connectivity index (χ2v) is 12.1. The number of carbonyl (C=O) groups is 3. The maximum Gasteiger partial charge on any atom is 0.508 e. The second kappa shape index (κ2) is 9.35. The van der Waals surface area contributed by atoms with Crippen molar-refractivity contribution in [2.75, 3.05) is 13.7 Å². The maximum absolute atomic E-state index is 14.3. The van der Waals surface area contributed by atoms with Crippen molar-refractivity contribution in [1.82, 2.24) is 0 Å². The van der Waals surface area contributed by atoms with E-state index in [1.165, 1.54) is 19.1 Å². The van der Waals surface area contributed by atoms with Crippen LogP contribution in [0.25, 0.3) is 0 Å². The molecule has 5 rings (SSSR count). The molecule has 1 aliphatic heterocycles. The van der Waals surface area contributed by atoms with E-state index in [-0.39, 0.29) is 30.6 Å². The number of fused-ring (bicyclic) bond motifs is 5. The lowest BCUT2D eigenvalue weighted by atomic mass is 9.44. The Kier molecular flexibility index (Phi) is 6.71. The van der Waals surface area contributed by atoms with E-state index in [0.29, 0.717) is 5.57 Å². The van der Waals surface area contributed by atoms with Gasteiger partial charge in [-0.05, 0) is 37.1 Å². The Morgan fingerprint density at radius 1 is 1.07 bits per heavy atom. The topological polar surface area (TPSA) is 169 Å². The fourth-order valence-electron chi connectivity index (χ4n) is 7.59. The van der Waals surface area contributed by atoms with Gasteiger partial charge in [-0.3, -0.25) is 4.79 Å². The van der Waals surface area contributed by atoms with Crippen molar-refractivity contribution < 1.29 is 53.8 Å². The van der Waals surface area contributed by atoms with Gasteiger partial charge < -0.3 is 39.4 Å². The summed E-state index contributed by atoms with van der Waals surface area (Å²) in [5.41, 5.74) is -6.56. The fraction of sp³-hybridized carbons (Fsp3) is 0.621. The molecule has 40 heavy (non-hydrogen) atoms. The highest BCUT2D eigenvalue weighted by Gasteiger charge is 2.78. The van der Waals surface area contributed by atoms with Gasteiger partial charge in [0.1, 0.15) is 23.9 Å². The summed E-state index contributed by atoms with van der Waals surface area (Å²) in [7, 11) is 1.11. The predicted molar refractivity (Wildman–Crippen MR) is 137 cm³/mol. The maximum atomic E-state index is 14.3. The van der Waals surface area contributed by atoms with Crippen LogP contribution in [0.3, 0.4) is 0 Å². The number of ether oxygens (including phenoxy) is 4. The molecule has 0 aromatic heterocycles. The van der Waals surface area contributed by atoms with Gasteiger partial charge in [-0.2, -0.15) is 0 Å². The number of aliphatic hydroxyl groups excluding tert-OH is 3. The summed E-state index contributed by atoms with van der Waals surface area (Å²) in [6.45, 7) is 5.94. The number of hydrogen-bond donors (Lipinski definition) is 4. The van der Waals surface area contributed by atoms with Crippen LogP contribution in [0.5, 0.6) is 0 Å². The van der Waals surface area contributed by atoms with E-state index in [4.69, 9.17) is 18.9 Å². The summed E-state index contributed by atoms with van der Waals surface area (Å²) in [5, 5.41) is 46.8. The van der Waals surface area contributed by atoms with Crippen LogP contribution in [0.2, 0.25) is 0 Å². The summed E-state index contributed by atoms with van der Waals surface area (Å²) in [6.07, 6.45) is -8.67. The van der Waals surface area contributed by atoms with Crippen LogP contribution in [-0.4, -0.2) is 93.8 Å². The second-order valence-electron chi connectivity index (χ2n) is 12.1. The highest BCUT2D eigenvalue weighted by Crippen LogP contribution is 2.63. The van der Waals surface area contributed by atoms with Crippen molar-refractivity contribution >= 4 is 17.9 Å². The van der Waals surface area contributed by atoms with Crippen molar-refractivity contribution in [2.45, 2.75) is 82.3 Å². The van der Waals surface area contributed by atoms with Crippen molar-refractivity contribution in [2.24, 2.45) is 16.7 Å². The monoisotopic (exact) mass is 560 g/mol. The molecule has 0 spiro atoms. The van der Waals surface area contributed by atoms with Crippen LogP contribution >= 0.6 is 0 Å². The van der Waals surface area contributed by atoms with Gasteiger partial charge in [0.25, 0.3) is 0 Å². The molecule has 0 radical (unpaired) electrons.